The first-order valence-electron chi connectivity index (χ1n) is 7.12. The molecule has 1 unspecified atom stereocenters. The van der Waals surface area contributed by atoms with Gasteiger partial charge < -0.3 is 21.1 Å². The number of unbranched alkanes of at least 4 members (excludes halogenated alkanes) is 1. The Labute approximate surface area is 124 Å². The number of nitrogens with one attached hydrogen (secondary N) is 3. The van der Waals surface area contributed by atoms with E-state index in [1.54, 1.807) is 31.2 Å². The molecule has 1 aromatic rings. The molecule has 1 atom stereocenters. The van der Waals surface area contributed by atoms with Gasteiger partial charge in [0.05, 0.1) is 11.4 Å². The molecule has 0 aliphatic heterocycles. The average Bonchev–Trinajstić information content (AvgIpc) is 2.47. The molecule has 6 nitrogen and oxygen atoms in total. The predicted octanol–water partition coefficient (Wildman–Crippen LogP) is 1.68. The first kappa shape index (κ1) is 17.0. The highest BCUT2D eigenvalue weighted by Crippen LogP contribution is 2.20. The number of aliphatic hydroxyl groups is 1. The fourth-order valence-electron chi connectivity index (χ4n) is 1.79. The van der Waals surface area contributed by atoms with Gasteiger partial charge in [0, 0.05) is 6.42 Å². The van der Waals surface area contributed by atoms with Gasteiger partial charge in [0.15, 0.2) is 0 Å². The highest BCUT2D eigenvalue weighted by molar-refractivity contribution is 5.99. The number of carbonyl (C=O) groups is 2. The summed E-state index contributed by atoms with van der Waals surface area (Å²) in [5.41, 5.74) is 1.18. The molecule has 1 rings (SSSR count). The van der Waals surface area contributed by atoms with E-state index in [4.69, 9.17) is 5.11 Å². The molecule has 21 heavy (non-hydrogen) atoms. The standard InChI is InChI=1S/C15H23N3O3/c1-3-4-9-14(20)17-11(2)15(21)18-13-8-6-5-7-12(13)16-10-19/h5-8,11,16,19H,3-4,9-10H2,1-2H3,(H,17,20)(H,18,21). The van der Waals surface area contributed by atoms with Gasteiger partial charge in [-0.2, -0.15) is 0 Å². The van der Waals surface area contributed by atoms with Crippen molar-refractivity contribution >= 4 is 23.2 Å². The Balaban J connectivity index is 2.58. The first-order valence-corrected chi connectivity index (χ1v) is 7.12. The van der Waals surface area contributed by atoms with E-state index in [-0.39, 0.29) is 18.5 Å². The van der Waals surface area contributed by atoms with Crippen LogP contribution in [0.25, 0.3) is 0 Å². The van der Waals surface area contributed by atoms with Gasteiger partial charge in [-0.15, -0.1) is 0 Å². The number of aliphatic hydroxyl groups excluding tert-OH is 1. The molecule has 0 aliphatic rings. The van der Waals surface area contributed by atoms with Crippen molar-refractivity contribution in [1.29, 1.82) is 0 Å². The van der Waals surface area contributed by atoms with Crippen molar-refractivity contribution < 1.29 is 14.7 Å². The van der Waals surface area contributed by atoms with E-state index in [0.29, 0.717) is 17.8 Å². The summed E-state index contributed by atoms with van der Waals surface area (Å²) in [5.74, 6) is -0.423. The van der Waals surface area contributed by atoms with E-state index in [9.17, 15) is 9.59 Å². The van der Waals surface area contributed by atoms with Gasteiger partial charge >= 0.3 is 0 Å². The van der Waals surface area contributed by atoms with Crippen molar-refractivity contribution in [3.63, 3.8) is 0 Å². The summed E-state index contributed by atoms with van der Waals surface area (Å²) < 4.78 is 0. The molecule has 0 bridgehead atoms. The van der Waals surface area contributed by atoms with Crippen LogP contribution in [-0.2, 0) is 9.59 Å². The van der Waals surface area contributed by atoms with Gasteiger partial charge in [-0.25, -0.2) is 0 Å². The Kier molecular flexibility index (Phi) is 7.25. The minimum Gasteiger partial charge on any atom is -0.377 e. The van der Waals surface area contributed by atoms with Crippen molar-refractivity contribution in [1.82, 2.24) is 5.32 Å². The van der Waals surface area contributed by atoms with Crippen LogP contribution in [0.2, 0.25) is 0 Å². The van der Waals surface area contributed by atoms with E-state index >= 15 is 0 Å². The van der Waals surface area contributed by atoms with Crippen LogP contribution in [0.4, 0.5) is 11.4 Å². The maximum atomic E-state index is 12.1. The Morgan fingerprint density at radius 1 is 1.24 bits per heavy atom. The van der Waals surface area contributed by atoms with Crippen LogP contribution in [0.15, 0.2) is 24.3 Å². The molecular weight excluding hydrogens is 270 g/mol. The SMILES string of the molecule is CCCCC(=O)NC(C)C(=O)Nc1ccccc1NCO. The van der Waals surface area contributed by atoms with Crippen molar-refractivity contribution in [2.24, 2.45) is 0 Å². The number of benzene rings is 1. The third kappa shape index (κ3) is 5.83. The fraction of sp³-hybridized carbons (Fsp3) is 0.467. The summed E-state index contributed by atoms with van der Waals surface area (Å²) in [6.45, 7) is 3.42. The maximum Gasteiger partial charge on any atom is 0.246 e. The van der Waals surface area contributed by atoms with Crippen molar-refractivity contribution in [2.45, 2.75) is 39.2 Å². The topological polar surface area (TPSA) is 90.5 Å². The molecule has 0 spiro atoms. The number of rotatable bonds is 8. The van der Waals surface area contributed by atoms with Gasteiger partial charge in [-0.1, -0.05) is 25.5 Å². The van der Waals surface area contributed by atoms with Gasteiger partial charge in [0.1, 0.15) is 12.8 Å². The van der Waals surface area contributed by atoms with E-state index in [1.165, 1.54) is 0 Å². The van der Waals surface area contributed by atoms with Crippen molar-refractivity contribution in [2.75, 3.05) is 17.4 Å². The van der Waals surface area contributed by atoms with Crippen LogP contribution in [0.3, 0.4) is 0 Å². The number of anilines is 2. The summed E-state index contributed by atoms with van der Waals surface area (Å²) in [6.07, 6.45) is 2.18. The molecule has 0 aromatic heterocycles. The molecule has 0 saturated heterocycles. The van der Waals surface area contributed by atoms with E-state index in [2.05, 4.69) is 16.0 Å². The zero-order valence-electron chi connectivity index (χ0n) is 12.5. The van der Waals surface area contributed by atoms with Crippen molar-refractivity contribution in [3.8, 4) is 0 Å². The molecule has 0 radical (unpaired) electrons. The number of hydrogen-bond acceptors (Lipinski definition) is 4. The lowest BCUT2D eigenvalue weighted by molar-refractivity contribution is -0.126. The second-order valence-corrected chi connectivity index (χ2v) is 4.76. The average molecular weight is 293 g/mol. The van der Waals surface area contributed by atoms with Crippen molar-refractivity contribution in [3.05, 3.63) is 24.3 Å². The Hall–Kier alpha value is -2.08. The van der Waals surface area contributed by atoms with E-state index < -0.39 is 6.04 Å². The third-order valence-electron chi connectivity index (χ3n) is 2.98. The molecule has 2 amide bonds. The van der Waals surface area contributed by atoms with E-state index in [0.717, 1.165) is 12.8 Å². The lowest BCUT2D eigenvalue weighted by Gasteiger charge is -2.16. The second kappa shape index (κ2) is 8.97. The van der Waals surface area contributed by atoms with Crippen LogP contribution < -0.4 is 16.0 Å². The number of para-hydroxylation sites is 2. The van der Waals surface area contributed by atoms with Crippen LogP contribution in [0, 0.1) is 0 Å². The largest absolute Gasteiger partial charge is 0.377 e. The number of amides is 2. The smallest absolute Gasteiger partial charge is 0.246 e. The van der Waals surface area contributed by atoms with Crippen LogP contribution in [0.5, 0.6) is 0 Å². The Bertz CT molecular complexity index is 477. The number of carbonyl (C=O) groups excluding carboxylic acids is 2. The zero-order chi connectivity index (χ0) is 15.7. The lowest BCUT2D eigenvalue weighted by Crippen LogP contribution is -2.41. The fourth-order valence-corrected chi connectivity index (χ4v) is 1.79. The van der Waals surface area contributed by atoms with Gasteiger partial charge in [-0.05, 0) is 25.5 Å². The Morgan fingerprint density at radius 2 is 1.90 bits per heavy atom. The maximum absolute atomic E-state index is 12.1. The van der Waals surface area contributed by atoms with Gasteiger partial charge in [0.25, 0.3) is 0 Å². The summed E-state index contributed by atoms with van der Waals surface area (Å²) in [4.78, 5) is 23.7. The van der Waals surface area contributed by atoms with E-state index in [1.807, 2.05) is 6.92 Å². The summed E-state index contributed by atoms with van der Waals surface area (Å²) in [7, 11) is 0. The quantitative estimate of drug-likeness (QED) is 0.549. The Morgan fingerprint density at radius 3 is 2.52 bits per heavy atom. The van der Waals surface area contributed by atoms with Crippen LogP contribution in [0.1, 0.15) is 33.1 Å². The lowest BCUT2D eigenvalue weighted by atomic mass is 10.2. The summed E-state index contributed by atoms with van der Waals surface area (Å²) >= 11 is 0. The molecule has 116 valence electrons. The molecule has 0 saturated carbocycles. The molecule has 0 aliphatic carbocycles. The van der Waals surface area contributed by atoms with Crippen LogP contribution in [-0.4, -0.2) is 29.7 Å². The highest BCUT2D eigenvalue weighted by atomic mass is 16.3. The molecule has 0 heterocycles. The van der Waals surface area contributed by atoms with Gasteiger partial charge in [-0.3, -0.25) is 9.59 Å². The zero-order valence-corrected chi connectivity index (χ0v) is 12.5. The molecular formula is C15H23N3O3. The molecule has 4 N–H and O–H groups in total. The first-order chi connectivity index (χ1) is 10.1. The monoisotopic (exact) mass is 293 g/mol. The van der Waals surface area contributed by atoms with Crippen LogP contribution >= 0.6 is 0 Å². The minimum absolute atomic E-state index is 0.124. The highest BCUT2D eigenvalue weighted by Gasteiger charge is 2.16. The second-order valence-electron chi connectivity index (χ2n) is 4.76. The summed E-state index contributed by atoms with van der Waals surface area (Å²) in [6, 6.07) is 6.43. The normalized spacial score (nSPS) is 11.6. The predicted molar refractivity (Wildman–Crippen MR) is 82.9 cm³/mol. The molecule has 0 fully saturated rings. The third-order valence-corrected chi connectivity index (χ3v) is 2.98. The summed E-state index contributed by atoms with van der Waals surface area (Å²) in [5, 5.41) is 17.0. The van der Waals surface area contributed by atoms with Gasteiger partial charge in [0.2, 0.25) is 11.8 Å². The molecule has 6 heteroatoms. The number of hydrogen-bond donors (Lipinski definition) is 4. The molecule has 1 aromatic carbocycles. The minimum atomic E-state index is -0.614.